The Morgan fingerprint density at radius 3 is 2.30 bits per heavy atom. The SMILES string of the molecule is CNCc1ccc(N2CCN(C(C)(C)C)CC2)cc1Cl. The Morgan fingerprint density at radius 1 is 1.15 bits per heavy atom. The van der Waals surface area contributed by atoms with E-state index < -0.39 is 0 Å². The van der Waals surface area contributed by atoms with Crippen molar-refractivity contribution < 1.29 is 0 Å². The van der Waals surface area contributed by atoms with Crippen molar-refractivity contribution in [2.45, 2.75) is 32.9 Å². The summed E-state index contributed by atoms with van der Waals surface area (Å²) in [6, 6.07) is 6.41. The molecule has 0 atom stereocenters. The second-order valence-electron chi connectivity index (χ2n) is 6.45. The molecular weight excluding hydrogens is 270 g/mol. The summed E-state index contributed by atoms with van der Waals surface area (Å²) in [5, 5.41) is 4.00. The van der Waals surface area contributed by atoms with E-state index >= 15 is 0 Å². The Balaban J connectivity index is 2.02. The average Bonchev–Trinajstić information content (AvgIpc) is 2.40. The minimum absolute atomic E-state index is 0.264. The van der Waals surface area contributed by atoms with Gasteiger partial charge in [-0.25, -0.2) is 0 Å². The number of anilines is 1. The van der Waals surface area contributed by atoms with Crippen molar-refractivity contribution in [1.82, 2.24) is 10.2 Å². The van der Waals surface area contributed by atoms with Crippen LogP contribution >= 0.6 is 11.6 Å². The Kier molecular flexibility index (Phi) is 4.95. The summed E-state index contributed by atoms with van der Waals surface area (Å²) in [5.41, 5.74) is 2.66. The van der Waals surface area contributed by atoms with Gasteiger partial charge in [-0.15, -0.1) is 0 Å². The normalized spacial score (nSPS) is 17.6. The van der Waals surface area contributed by atoms with Gasteiger partial charge in [0.05, 0.1) is 0 Å². The highest BCUT2D eigenvalue weighted by Crippen LogP contribution is 2.26. The molecule has 0 unspecified atom stereocenters. The van der Waals surface area contributed by atoms with E-state index in [0.717, 1.165) is 43.3 Å². The van der Waals surface area contributed by atoms with Crippen molar-refractivity contribution in [3.8, 4) is 0 Å². The van der Waals surface area contributed by atoms with E-state index in [2.05, 4.69) is 54.1 Å². The summed E-state index contributed by atoms with van der Waals surface area (Å²) in [5.74, 6) is 0. The predicted octanol–water partition coefficient (Wildman–Crippen LogP) is 2.98. The van der Waals surface area contributed by atoms with Gasteiger partial charge in [0, 0.05) is 49.0 Å². The second-order valence-corrected chi connectivity index (χ2v) is 6.86. The number of piperazine rings is 1. The third-order valence-electron chi connectivity index (χ3n) is 4.00. The van der Waals surface area contributed by atoms with Crippen LogP contribution in [0.4, 0.5) is 5.69 Å². The molecule has 1 aromatic rings. The maximum atomic E-state index is 6.35. The quantitative estimate of drug-likeness (QED) is 0.925. The van der Waals surface area contributed by atoms with Crippen molar-refractivity contribution in [1.29, 1.82) is 0 Å². The molecule has 0 radical (unpaired) electrons. The van der Waals surface area contributed by atoms with Crippen LogP contribution in [0.15, 0.2) is 18.2 Å². The van der Waals surface area contributed by atoms with Crippen molar-refractivity contribution in [3.63, 3.8) is 0 Å². The van der Waals surface area contributed by atoms with E-state index in [0.29, 0.717) is 0 Å². The molecule has 1 aliphatic rings. The summed E-state index contributed by atoms with van der Waals surface area (Å²) in [6.07, 6.45) is 0. The molecule has 1 N–H and O–H groups in total. The predicted molar refractivity (Wildman–Crippen MR) is 87.8 cm³/mol. The highest BCUT2D eigenvalue weighted by molar-refractivity contribution is 6.31. The zero-order chi connectivity index (χ0) is 14.8. The zero-order valence-electron chi connectivity index (χ0n) is 13.0. The lowest BCUT2D eigenvalue weighted by atomic mass is 10.0. The van der Waals surface area contributed by atoms with Crippen LogP contribution in [0.5, 0.6) is 0 Å². The molecule has 0 saturated carbocycles. The first-order chi connectivity index (χ1) is 9.41. The molecule has 1 aromatic carbocycles. The molecule has 20 heavy (non-hydrogen) atoms. The van der Waals surface area contributed by atoms with Gasteiger partial charge in [-0.2, -0.15) is 0 Å². The van der Waals surface area contributed by atoms with E-state index in [-0.39, 0.29) is 5.54 Å². The first kappa shape index (κ1) is 15.6. The third kappa shape index (κ3) is 3.66. The van der Waals surface area contributed by atoms with Crippen LogP contribution in [0, 0.1) is 0 Å². The van der Waals surface area contributed by atoms with Crippen molar-refractivity contribution in [3.05, 3.63) is 28.8 Å². The number of nitrogens with zero attached hydrogens (tertiary/aromatic N) is 2. The molecule has 1 heterocycles. The molecule has 2 rings (SSSR count). The largest absolute Gasteiger partial charge is 0.369 e. The summed E-state index contributed by atoms with van der Waals surface area (Å²) in [6.45, 7) is 12.0. The van der Waals surface area contributed by atoms with Gasteiger partial charge < -0.3 is 10.2 Å². The summed E-state index contributed by atoms with van der Waals surface area (Å²) in [4.78, 5) is 4.97. The Labute approximate surface area is 127 Å². The molecule has 1 fully saturated rings. The van der Waals surface area contributed by atoms with Gasteiger partial charge in [-0.3, -0.25) is 4.90 Å². The second kappa shape index (κ2) is 6.33. The van der Waals surface area contributed by atoms with Crippen LogP contribution in [0.2, 0.25) is 5.02 Å². The first-order valence-corrected chi connectivity index (χ1v) is 7.72. The first-order valence-electron chi connectivity index (χ1n) is 7.35. The molecule has 3 nitrogen and oxygen atoms in total. The van der Waals surface area contributed by atoms with Crippen molar-refractivity contribution >= 4 is 17.3 Å². The lowest BCUT2D eigenvalue weighted by Crippen LogP contribution is -2.53. The number of nitrogens with one attached hydrogen (secondary N) is 1. The maximum Gasteiger partial charge on any atom is 0.0471 e. The van der Waals surface area contributed by atoms with Crippen LogP contribution in [-0.2, 0) is 6.54 Å². The van der Waals surface area contributed by atoms with Gasteiger partial charge in [0.1, 0.15) is 0 Å². The summed E-state index contributed by atoms with van der Waals surface area (Å²) >= 11 is 6.35. The lowest BCUT2D eigenvalue weighted by Gasteiger charge is -2.43. The van der Waals surface area contributed by atoms with Gasteiger partial charge in [-0.05, 0) is 45.5 Å². The monoisotopic (exact) mass is 295 g/mol. The molecule has 0 bridgehead atoms. The van der Waals surface area contributed by atoms with Gasteiger partial charge in [0.25, 0.3) is 0 Å². The fraction of sp³-hybridized carbons (Fsp3) is 0.625. The van der Waals surface area contributed by atoms with E-state index in [4.69, 9.17) is 11.6 Å². The number of rotatable bonds is 3. The lowest BCUT2D eigenvalue weighted by molar-refractivity contribution is 0.128. The third-order valence-corrected chi connectivity index (χ3v) is 4.35. The maximum absolute atomic E-state index is 6.35. The van der Waals surface area contributed by atoms with Gasteiger partial charge >= 0.3 is 0 Å². The Bertz CT molecular complexity index is 446. The van der Waals surface area contributed by atoms with Crippen LogP contribution in [0.3, 0.4) is 0 Å². The highest BCUT2D eigenvalue weighted by atomic mass is 35.5. The minimum Gasteiger partial charge on any atom is -0.369 e. The zero-order valence-corrected chi connectivity index (χ0v) is 13.8. The fourth-order valence-corrected chi connectivity index (χ4v) is 2.94. The Hall–Kier alpha value is -0.770. The number of hydrogen-bond donors (Lipinski definition) is 1. The highest BCUT2D eigenvalue weighted by Gasteiger charge is 2.25. The molecule has 112 valence electrons. The molecule has 1 aliphatic heterocycles. The standard InChI is InChI=1S/C16H26ClN3/c1-16(2,3)20-9-7-19(8-10-20)14-6-5-13(12-18-4)15(17)11-14/h5-6,11,18H,7-10,12H2,1-4H3. The van der Waals surface area contributed by atoms with Gasteiger partial charge in [-0.1, -0.05) is 17.7 Å². The van der Waals surface area contributed by atoms with E-state index in [9.17, 15) is 0 Å². The van der Waals surface area contributed by atoms with Gasteiger partial charge in [0.2, 0.25) is 0 Å². The average molecular weight is 296 g/mol. The number of halogens is 1. The molecular formula is C16H26ClN3. The molecule has 0 aliphatic carbocycles. The van der Waals surface area contributed by atoms with Crippen molar-refractivity contribution in [2.24, 2.45) is 0 Å². The molecule has 0 amide bonds. The minimum atomic E-state index is 0.264. The summed E-state index contributed by atoms with van der Waals surface area (Å²) in [7, 11) is 1.94. The van der Waals surface area contributed by atoms with Gasteiger partial charge in [0.15, 0.2) is 0 Å². The van der Waals surface area contributed by atoms with Crippen molar-refractivity contribution in [2.75, 3.05) is 38.1 Å². The fourth-order valence-electron chi connectivity index (χ4n) is 2.70. The number of hydrogen-bond acceptors (Lipinski definition) is 3. The topological polar surface area (TPSA) is 18.5 Å². The summed E-state index contributed by atoms with van der Waals surface area (Å²) < 4.78 is 0. The van der Waals surface area contributed by atoms with Crippen LogP contribution in [0.1, 0.15) is 26.3 Å². The Morgan fingerprint density at radius 2 is 1.80 bits per heavy atom. The van der Waals surface area contributed by atoms with Crippen LogP contribution < -0.4 is 10.2 Å². The van der Waals surface area contributed by atoms with E-state index in [1.165, 1.54) is 5.69 Å². The van der Waals surface area contributed by atoms with E-state index in [1.807, 2.05) is 7.05 Å². The van der Waals surface area contributed by atoms with Crippen LogP contribution in [0.25, 0.3) is 0 Å². The van der Waals surface area contributed by atoms with E-state index in [1.54, 1.807) is 0 Å². The molecule has 1 saturated heterocycles. The molecule has 4 heteroatoms. The van der Waals surface area contributed by atoms with Crippen LogP contribution in [-0.4, -0.2) is 43.7 Å². The number of benzene rings is 1. The molecule has 0 aromatic heterocycles. The molecule has 0 spiro atoms. The smallest absolute Gasteiger partial charge is 0.0471 e.